The van der Waals surface area contributed by atoms with Crippen LogP contribution in [0.15, 0.2) is 54.4 Å². The van der Waals surface area contributed by atoms with E-state index in [0.717, 1.165) is 6.08 Å². The number of hydrogen-bond donors (Lipinski definition) is 1. The highest BCUT2D eigenvalue weighted by atomic mass is 19.1. The molecule has 0 atom stereocenters. The summed E-state index contributed by atoms with van der Waals surface area (Å²) < 4.78 is 47.4. The van der Waals surface area contributed by atoms with Crippen molar-refractivity contribution in [1.29, 1.82) is 0 Å². The van der Waals surface area contributed by atoms with E-state index in [0.29, 0.717) is 23.0 Å². The van der Waals surface area contributed by atoms with Gasteiger partial charge in [-0.05, 0) is 6.07 Å². The van der Waals surface area contributed by atoms with Gasteiger partial charge in [-0.15, -0.1) is 0 Å². The van der Waals surface area contributed by atoms with Crippen molar-refractivity contribution in [2.45, 2.75) is 6.54 Å². The molecular weight excluding hydrogens is 401 g/mol. The molecule has 6 nitrogen and oxygen atoms in total. The summed E-state index contributed by atoms with van der Waals surface area (Å²) in [6.45, 7) is -0.469. The molecule has 0 saturated heterocycles. The number of ketones is 1. The summed E-state index contributed by atoms with van der Waals surface area (Å²) in [5.74, 6) is -5.67. The number of rotatable bonds is 5. The SMILES string of the molecule is O=C1C=C(NC(=O)C(=O)c2cn(Cc3c(F)cc(F)cc3F)c3ccccc23)CO1. The fourth-order valence-electron chi connectivity index (χ4n) is 3.22. The number of para-hydroxylation sites is 1. The van der Waals surface area contributed by atoms with Gasteiger partial charge in [-0.3, -0.25) is 9.59 Å². The number of carbonyl (C=O) groups excluding carboxylic acids is 3. The van der Waals surface area contributed by atoms with Crippen LogP contribution in [0, 0.1) is 17.5 Å². The van der Waals surface area contributed by atoms with Crippen molar-refractivity contribution in [2.24, 2.45) is 0 Å². The molecule has 9 heteroatoms. The maximum atomic E-state index is 14.1. The van der Waals surface area contributed by atoms with Crippen LogP contribution >= 0.6 is 0 Å². The average Bonchev–Trinajstić information content (AvgIpc) is 3.27. The van der Waals surface area contributed by atoms with Gasteiger partial charge in [-0.2, -0.15) is 0 Å². The third kappa shape index (κ3) is 3.57. The Morgan fingerprint density at radius 1 is 1.10 bits per heavy atom. The topological polar surface area (TPSA) is 77.4 Å². The number of cyclic esters (lactones) is 1. The number of nitrogens with one attached hydrogen (secondary N) is 1. The number of esters is 1. The lowest BCUT2D eigenvalue weighted by atomic mass is 10.1. The molecular formula is C21H13F3N2O4. The maximum Gasteiger partial charge on any atom is 0.333 e. The Labute approximate surface area is 167 Å². The van der Waals surface area contributed by atoms with Crippen LogP contribution in [0.25, 0.3) is 10.9 Å². The van der Waals surface area contributed by atoms with E-state index in [4.69, 9.17) is 0 Å². The third-order valence-corrected chi connectivity index (χ3v) is 4.61. The van der Waals surface area contributed by atoms with Crippen LogP contribution < -0.4 is 5.32 Å². The molecule has 0 radical (unpaired) electrons. The summed E-state index contributed by atoms with van der Waals surface area (Å²) in [6, 6.07) is 7.66. The Kier molecular flexibility index (Phi) is 4.86. The molecule has 152 valence electrons. The second-order valence-corrected chi connectivity index (χ2v) is 6.60. The van der Waals surface area contributed by atoms with Crippen LogP contribution in [0.3, 0.4) is 0 Å². The smallest absolute Gasteiger partial charge is 0.333 e. The van der Waals surface area contributed by atoms with Gasteiger partial charge in [0.05, 0.1) is 17.8 Å². The summed E-state index contributed by atoms with van der Waals surface area (Å²) in [7, 11) is 0. The van der Waals surface area contributed by atoms with Crippen molar-refractivity contribution in [2.75, 3.05) is 6.61 Å². The predicted octanol–water partition coefficient (Wildman–Crippen LogP) is 2.85. The number of benzene rings is 2. The van der Waals surface area contributed by atoms with E-state index in [9.17, 15) is 27.6 Å². The van der Waals surface area contributed by atoms with E-state index in [1.54, 1.807) is 24.3 Å². The Morgan fingerprint density at radius 2 is 1.80 bits per heavy atom. The molecule has 2 heterocycles. The molecule has 0 unspecified atom stereocenters. The van der Waals surface area contributed by atoms with Crippen LogP contribution in [0.2, 0.25) is 0 Å². The quantitative estimate of drug-likeness (QED) is 0.396. The number of Topliss-reactive ketones (excluding diaryl/α,β-unsaturated/α-hetero) is 1. The minimum atomic E-state index is -1.06. The van der Waals surface area contributed by atoms with Crippen molar-refractivity contribution >= 4 is 28.6 Å². The van der Waals surface area contributed by atoms with Crippen molar-refractivity contribution < 1.29 is 32.3 Å². The van der Waals surface area contributed by atoms with Gasteiger partial charge < -0.3 is 14.6 Å². The largest absolute Gasteiger partial charge is 0.456 e. The molecule has 4 rings (SSSR count). The van der Waals surface area contributed by atoms with E-state index in [-0.39, 0.29) is 30.0 Å². The summed E-state index contributed by atoms with van der Waals surface area (Å²) in [5.41, 5.74) is 0.233. The zero-order chi connectivity index (χ0) is 21.4. The first-order chi connectivity index (χ1) is 14.3. The van der Waals surface area contributed by atoms with E-state index in [1.165, 1.54) is 10.8 Å². The van der Waals surface area contributed by atoms with Gasteiger partial charge in [0, 0.05) is 40.9 Å². The lowest BCUT2D eigenvalue weighted by Crippen LogP contribution is -2.31. The normalized spacial score (nSPS) is 13.3. The molecule has 0 saturated carbocycles. The van der Waals surface area contributed by atoms with Crippen LogP contribution in [0.1, 0.15) is 15.9 Å². The first-order valence-corrected chi connectivity index (χ1v) is 8.78. The molecule has 1 aliphatic heterocycles. The second-order valence-electron chi connectivity index (χ2n) is 6.60. The minimum absolute atomic E-state index is 0.0110. The monoisotopic (exact) mass is 414 g/mol. The number of hydrogen-bond acceptors (Lipinski definition) is 4. The molecule has 1 aromatic heterocycles. The molecule has 3 aromatic rings. The molecule has 0 bridgehead atoms. The molecule has 1 amide bonds. The first kappa shape index (κ1) is 19.4. The summed E-state index contributed by atoms with van der Waals surface area (Å²) in [6.07, 6.45) is 2.37. The lowest BCUT2D eigenvalue weighted by molar-refractivity contribution is -0.135. The lowest BCUT2D eigenvalue weighted by Gasteiger charge is -2.08. The van der Waals surface area contributed by atoms with Gasteiger partial charge in [-0.1, -0.05) is 18.2 Å². The zero-order valence-corrected chi connectivity index (χ0v) is 15.2. The molecule has 30 heavy (non-hydrogen) atoms. The Hall–Kier alpha value is -3.88. The highest BCUT2D eigenvalue weighted by Crippen LogP contribution is 2.25. The van der Waals surface area contributed by atoms with Gasteiger partial charge in [0.25, 0.3) is 11.7 Å². The van der Waals surface area contributed by atoms with Gasteiger partial charge in [-0.25, -0.2) is 18.0 Å². The molecule has 0 aliphatic carbocycles. The summed E-state index contributed by atoms with van der Waals surface area (Å²) in [4.78, 5) is 36.1. The molecule has 1 N–H and O–H groups in total. The molecule has 2 aromatic carbocycles. The maximum absolute atomic E-state index is 14.1. The van der Waals surface area contributed by atoms with Gasteiger partial charge in [0.2, 0.25) is 0 Å². The molecule has 0 fully saturated rings. The van der Waals surface area contributed by atoms with Crippen LogP contribution in [0.4, 0.5) is 13.2 Å². The predicted molar refractivity (Wildman–Crippen MR) is 98.9 cm³/mol. The summed E-state index contributed by atoms with van der Waals surface area (Å²) in [5, 5.41) is 2.71. The standard InChI is InChI=1S/C21H13F3N2O4/c22-11-5-16(23)15(17(24)6-11)9-26-8-14(13-3-1-2-4-18(13)26)20(28)21(29)25-12-7-19(27)30-10-12/h1-8H,9-10H2,(H,25,29). The van der Waals surface area contributed by atoms with Crippen molar-refractivity contribution in [1.82, 2.24) is 9.88 Å². The number of ether oxygens (including phenoxy) is 1. The number of amides is 1. The van der Waals surface area contributed by atoms with E-state index < -0.39 is 35.1 Å². The second kappa shape index (κ2) is 7.51. The Balaban J connectivity index is 1.69. The first-order valence-electron chi connectivity index (χ1n) is 8.78. The van der Waals surface area contributed by atoms with Crippen LogP contribution in [-0.2, 0) is 20.9 Å². The Bertz CT molecular complexity index is 1220. The van der Waals surface area contributed by atoms with E-state index >= 15 is 0 Å². The fraction of sp³-hybridized carbons (Fsp3) is 0.0952. The highest BCUT2D eigenvalue weighted by molar-refractivity contribution is 6.45. The van der Waals surface area contributed by atoms with Crippen LogP contribution in [0.5, 0.6) is 0 Å². The number of nitrogens with zero attached hydrogens (tertiary/aromatic N) is 1. The zero-order valence-electron chi connectivity index (χ0n) is 15.2. The molecule has 1 aliphatic rings. The van der Waals surface area contributed by atoms with Crippen LogP contribution in [-0.4, -0.2) is 28.8 Å². The van der Waals surface area contributed by atoms with Gasteiger partial charge >= 0.3 is 5.97 Å². The van der Waals surface area contributed by atoms with Crippen molar-refractivity contribution in [3.8, 4) is 0 Å². The number of aromatic nitrogens is 1. The Morgan fingerprint density at radius 3 is 2.47 bits per heavy atom. The number of halogens is 3. The summed E-state index contributed by atoms with van der Waals surface area (Å²) >= 11 is 0. The fourth-order valence-corrected chi connectivity index (χ4v) is 3.22. The van der Waals surface area contributed by atoms with E-state index in [2.05, 4.69) is 10.1 Å². The third-order valence-electron chi connectivity index (χ3n) is 4.61. The van der Waals surface area contributed by atoms with E-state index in [1.807, 2.05) is 0 Å². The number of fused-ring (bicyclic) bond motifs is 1. The number of carbonyl (C=O) groups is 3. The van der Waals surface area contributed by atoms with Crippen molar-refractivity contribution in [3.05, 3.63) is 82.9 Å². The van der Waals surface area contributed by atoms with Gasteiger partial charge in [0.1, 0.15) is 24.1 Å². The minimum Gasteiger partial charge on any atom is -0.456 e. The van der Waals surface area contributed by atoms with Crippen molar-refractivity contribution in [3.63, 3.8) is 0 Å². The molecule has 0 spiro atoms. The highest BCUT2D eigenvalue weighted by Gasteiger charge is 2.25. The van der Waals surface area contributed by atoms with Gasteiger partial charge in [0.15, 0.2) is 0 Å². The average molecular weight is 414 g/mol.